The minimum atomic E-state index is 0.626. The van der Waals surface area contributed by atoms with E-state index in [1.807, 2.05) is 6.07 Å². The average Bonchev–Trinajstić information content (AvgIpc) is 2.30. The number of aromatic nitrogens is 2. The van der Waals surface area contributed by atoms with E-state index >= 15 is 0 Å². The summed E-state index contributed by atoms with van der Waals surface area (Å²) in [5.41, 5.74) is 0. The van der Waals surface area contributed by atoms with Gasteiger partial charge in [0.1, 0.15) is 12.1 Å². The topological polar surface area (TPSA) is 38.2 Å². The highest BCUT2D eigenvalue weighted by molar-refractivity contribution is 9.09. The van der Waals surface area contributed by atoms with Gasteiger partial charge in [-0.05, 0) is 12.8 Å². The zero-order valence-electron chi connectivity index (χ0n) is 8.69. The van der Waals surface area contributed by atoms with Crippen molar-refractivity contribution >= 4 is 21.7 Å². The van der Waals surface area contributed by atoms with Crippen LogP contribution in [0.1, 0.15) is 12.8 Å². The maximum absolute atomic E-state index is 5.08. The van der Waals surface area contributed by atoms with E-state index in [0.717, 1.165) is 31.7 Å². The van der Waals surface area contributed by atoms with Gasteiger partial charge in [-0.1, -0.05) is 15.9 Å². The molecule has 0 aromatic carbocycles. The molecule has 0 unspecified atom stereocenters. The third-order valence-electron chi connectivity index (χ3n) is 2.59. The molecule has 1 aromatic heterocycles. The van der Waals surface area contributed by atoms with E-state index in [0.29, 0.717) is 10.7 Å². The lowest BCUT2D eigenvalue weighted by Gasteiger charge is -2.30. The van der Waals surface area contributed by atoms with E-state index in [4.69, 9.17) is 4.74 Å². The van der Waals surface area contributed by atoms with Crippen molar-refractivity contribution in [2.45, 2.75) is 17.7 Å². The first-order valence-electron chi connectivity index (χ1n) is 5.04. The predicted molar refractivity (Wildman–Crippen MR) is 62.7 cm³/mol. The normalized spacial score (nSPS) is 17.9. The summed E-state index contributed by atoms with van der Waals surface area (Å²) in [5.74, 6) is 1.59. The largest absolute Gasteiger partial charge is 0.481 e. The fraction of sp³-hybridized carbons (Fsp3) is 0.600. The van der Waals surface area contributed by atoms with Gasteiger partial charge >= 0.3 is 0 Å². The zero-order chi connectivity index (χ0) is 10.7. The molecule has 0 N–H and O–H groups in total. The molecule has 5 heteroatoms. The van der Waals surface area contributed by atoms with Crippen molar-refractivity contribution in [1.82, 2.24) is 9.97 Å². The monoisotopic (exact) mass is 271 g/mol. The van der Waals surface area contributed by atoms with Crippen LogP contribution in [0.15, 0.2) is 12.4 Å². The molecule has 0 aliphatic carbocycles. The van der Waals surface area contributed by atoms with Gasteiger partial charge in [-0.15, -0.1) is 0 Å². The van der Waals surface area contributed by atoms with Gasteiger partial charge in [0.2, 0.25) is 5.88 Å². The Balaban J connectivity index is 2.08. The molecule has 1 saturated heterocycles. The molecule has 2 heterocycles. The molecule has 82 valence electrons. The van der Waals surface area contributed by atoms with Crippen molar-refractivity contribution in [3.05, 3.63) is 12.4 Å². The third kappa shape index (κ3) is 2.59. The van der Waals surface area contributed by atoms with Crippen LogP contribution in [-0.2, 0) is 0 Å². The summed E-state index contributed by atoms with van der Waals surface area (Å²) in [6.07, 6.45) is 3.87. The molecule has 1 aliphatic heterocycles. The van der Waals surface area contributed by atoms with E-state index in [-0.39, 0.29) is 0 Å². The lowest BCUT2D eigenvalue weighted by molar-refractivity contribution is 0.396. The second-order valence-corrected chi connectivity index (χ2v) is 4.88. The SMILES string of the molecule is COc1cc(N2CCC(Br)CC2)ncn1. The molecule has 1 fully saturated rings. The molecule has 1 aliphatic rings. The summed E-state index contributed by atoms with van der Waals surface area (Å²) < 4.78 is 5.08. The van der Waals surface area contributed by atoms with Crippen molar-refractivity contribution in [2.75, 3.05) is 25.1 Å². The highest BCUT2D eigenvalue weighted by Crippen LogP contribution is 2.23. The van der Waals surface area contributed by atoms with Crippen LogP contribution in [0.4, 0.5) is 5.82 Å². The van der Waals surface area contributed by atoms with Gasteiger partial charge in [-0.2, -0.15) is 0 Å². The number of alkyl halides is 1. The quantitative estimate of drug-likeness (QED) is 0.770. The van der Waals surface area contributed by atoms with Crippen molar-refractivity contribution < 1.29 is 4.74 Å². The molecular weight excluding hydrogens is 258 g/mol. The summed E-state index contributed by atoms with van der Waals surface area (Å²) in [7, 11) is 1.62. The second kappa shape index (κ2) is 4.79. The van der Waals surface area contributed by atoms with E-state index in [2.05, 4.69) is 30.8 Å². The number of rotatable bonds is 2. The lowest BCUT2D eigenvalue weighted by Crippen LogP contribution is -2.34. The summed E-state index contributed by atoms with van der Waals surface area (Å²) in [6, 6.07) is 1.88. The van der Waals surface area contributed by atoms with Gasteiger partial charge < -0.3 is 9.64 Å². The predicted octanol–water partition coefficient (Wildman–Crippen LogP) is 1.85. The van der Waals surface area contributed by atoms with Crippen molar-refractivity contribution in [3.63, 3.8) is 0 Å². The maximum atomic E-state index is 5.08. The molecule has 4 nitrogen and oxygen atoms in total. The third-order valence-corrected chi connectivity index (χ3v) is 3.50. The molecule has 0 bridgehead atoms. The summed E-state index contributed by atoms with van der Waals surface area (Å²) in [6.45, 7) is 2.08. The number of hydrogen-bond acceptors (Lipinski definition) is 4. The molecule has 0 atom stereocenters. The van der Waals surface area contributed by atoms with E-state index in [9.17, 15) is 0 Å². The molecule has 1 aromatic rings. The molecule has 2 rings (SSSR count). The number of ether oxygens (including phenoxy) is 1. The number of hydrogen-bond donors (Lipinski definition) is 0. The van der Waals surface area contributed by atoms with E-state index in [1.54, 1.807) is 13.4 Å². The Morgan fingerprint density at radius 1 is 1.40 bits per heavy atom. The van der Waals surface area contributed by atoms with Crippen molar-refractivity contribution in [3.8, 4) is 5.88 Å². The van der Waals surface area contributed by atoms with Crippen LogP contribution in [0.25, 0.3) is 0 Å². The number of methoxy groups -OCH3 is 1. The van der Waals surface area contributed by atoms with Crippen molar-refractivity contribution in [1.29, 1.82) is 0 Å². The van der Waals surface area contributed by atoms with Crippen LogP contribution >= 0.6 is 15.9 Å². The fourth-order valence-corrected chi connectivity index (χ4v) is 2.10. The highest BCUT2D eigenvalue weighted by atomic mass is 79.9. The Morgan fingerprint density at radius 3 is 2.80 bits per heavy atom. The Bertz CT molecular complexity index is 326. The molecular formula is C10H14BrN3O. The number of anilines is 1. The van der Waals surface area contributed by atoms with Gasteiger partial charge in [0, 0.05) is 24.0 Å². The van der Waals surface area contributed by atoms with E-state index < -0.39 is 0 Å². The van der Waals surface area contributed by atoms with Crippen LogP contribution in [0.2, 0.25) is 0 Å². The Kier molecular flexibility index (Phi) is 3.41. The van der Waals surface area contributed by atoms with Gasteiger partial charge in [0.05, 0.1) is 7.11 Å². The summed E-state index contributed by atoms with van der Waals surface area (Å²) in [4.78, 5) is 11.2. The first-order valence-corrected chi connectivity index (χ1v) is 5.96. The molecule has 0 amide bonds. The fourth-order valence-electron chi connectivity index (χ4n) is 1.69. The highest BCUT2D eigenvalue weighted by Gasteiger charge is 2.18. The van der Waals surface area contributed by atoms with Crippen LogP contribution in [-0.4, -0.2) is 35.0 Å². The molecule has 0 radical (unpaired) electrons. The van der Waals surface area contributed by atoms with Gasteiger partial charge in [0.15, 0.2) is 0 Å². The van der Waals surface area contributed by atoms with Crippen molar-refractivity contribution in [2.24, 2.45) is 0 Å². The zero-order valence-corrected chi connectivity index (χ0v) is 10.3. The minimum Gasteiger partial charge on any atom is -0.481 e. The van der Waals surface area contributed by atoms with Gasteiger partial charge in [0.25, 0.3) is 0 Å². The Hall–Kier alpha value is -0.840. The molecule has 15 heavy (non-hydrogen) atoms. The first kappa shape index (κ1) is 10.7. The summed E-state index contributed by atoms with van der Waals surface area (Å²) in [5, 5.41) is 0. The lowest BCUT2D eigenvalue weighted by atomic mass is 10.1. The minimum absolute atomic E-state index is 0.626. The van der Waals surface area contributed by atoms with Crippen LogP contribution in [0.3, 0.4) is 0 Å². The number of nitrogens with zero attached hydrogens (tertiary/aromatic N) is 3. The number of piperidine rings is 1. The van der Waals surface area contributed by atoms with Gasteiger partial charge in [-0.25, -0.2) is 9.97 Å². The second-order valence-electron chi connectivity index (χ2n) is 3.58. The van der Waals surface area contributed by atoms with E-state index in [1.165, 1.54) is 0 Å². The van der Waals surface area contributed by atoms with Crippen LogP contribution in [0, 0.1) is 0 Å². The molecule has 0 saturated carbocycles. The molecule has 0 spiro atoms. The number of halogens is 1. The standard InChI is InChI=1S/C10H14BrN3O/c1-15-10-6-9(12-7-13-10)14-4-2-8(11)3-5-14/h6-8H,2-5H2,1H3. The van der Waals surface area contributed by atoms with Gasteiger partial charge in [-0.3, -0.25) is 0 Å². The first-order chi connectivity index (χ1) is 7.29. The smallest absolute Gasteiger partial charge is 0.218 e. The van der Waals surface area contributed by atoms with Crippen LogP contribution in [0.5, 0.6) is 5.88 Å². The van der Waals surface area contributed by atoms with Crippen LogP contribution < -0.4 is 9.64 Å². The Labute approximate surface area is 97.8 Å². The summed E-state index contributed by atoms with van der Waals surface area (Å²) >= 11 is 3.63. The average molecular weight is 272 g/mol. The maximum Gasteiger partial charge on any atom is 0.218 e. The Morgan fingerprint density at radius 2 is 2.13 bits per heavy atom.